The zero-order chi connectivity index (χ0) is 25.5. The summed E-state index contributed by atoms with van der Waals surface area (Å²) in [5.41, 5.74) is 0. The highest BCUT2D eigenvalue weighted by atomic mass is 31.1. The minimum absolute atomic E-state index is 0.0646. The molecule has 12 heteroatoms. The van der Waals surface area contributed by atoms with E-state index in [0.29, 0.717) is 0 Å². The van der Waals surface area contributed by atoms with Gasteiger partial charge in [0.15, 0.2) is 16.6 Å². The number of ether oxygens (including phenoxy) is 2. The van der Waals surface area contributed by atoms with Crippen molar-refractivity contribution in [1.29, 1.82) is 0 Å². The van der Waals surface area contributed by atoms with Crippen LogP contribution in [0.5, 0.6) is 0 Å². The molecule has 2 N–H and O–H groups in total. The van der Waals surface area contributed by atoms with Crippen LogP contribution in [0.15, 0.2) is 0 Å². The van der Waals surface area contributed by atoms with Gasteiger partial charge in [-0.3, -0.25) is 0 Å². The third kappa shape index (κ3) is 12.1. The van der Waals surface area contributed by atoms with Gasteiger partial charge >= 0.3 is 21.2 Å². The second-order valence-electron chi connectivity index (χ2n) is 11.1. The summed E-state index contributed by atoms with van der Waals surface area (Å²) in [5.74, 6) is 0. The van der Waals surface area contributed by atoms with E-state index in [2.05, 4.69) is 41.5 Å². The number of aliphatic hydroxyl groups is 2. The highest BCUT2D eigenvalue weighted by Crippen LogP contribution is 2.41. The lowest BCUT2D eigenvalue weighted by molar-refractivity contribution is -0.240. The van der Waals surface area contributed by atoms with Crippen molar-refractivity contribution in [3.8, 4) is 0 Å². The van der Waals surface area contributed by atoms with Crippen LogP contribution in [0.3, 0.4) is 0 Å². The lowest BCUT2D eigenvalue weighted by Gasteiger charge is -2.37. The van der Waals surface area contributed by atoms with Gasteiger partial charge in [0.25, 0.3) is 0 Å². The fourth-order valence-corrected chi connectivity index (χ4v) is 4.21. The Kier molecular flexibility index (Phi) is 12.9. The number of hydrogen-bond acceptors (Lipinski definition) is 9. The first kappa shape index (κ1) is 32.2. The Morgan fingerprint density at radius 1 is 0.719 bits per heavy atom. The minimum atomic E-state index is -2.77. The third-order valence-electron chi connectivity index (χ3n) is 5.69. The molecule has 4 atom stereocenters. The molecule has 0 aliphatic heterocycles. The summed E-state index contributed by atoms with van der Waals surface area (Å²) in [4.78, 5) is 0. The molecule has 0 heterocycles. The molecule has 0 radical (unpaired) electrons. The highest BCUT2D eigenvalue weighted by molar-refractivity contribution is 7.33. The predicted octanol–water partition coefficient (Wildman–Crippen LogP) is 5.08. The summed E-state index contributed by atoms with van der Waals surface area (Å²) in [6, 6.07) is 0. The standard InChI is InChI=1S/C20H46O9PSi2/c1-15(21)13-24-17(28-31(9,10)19(3,4)5)26-30(23)27-18(25-14-16(2)22)29-32(11,12)20(6,7)8/h15-18,21-22H,13-14H2,1-12H3/q+1. The van der Waals surface area contributed by atoms with E-state index < -0.39 is 50.0 Å². The second kappa shape index (κ2) is 12.8. The van der Waals surface area contributed by atoms with Crippen molar-refractivity contribution in [1.82, 2.24) is 0 Å². The molecule has 0 aliphatic rings. The molecule has 0 saturated heterocycles. The average Bonchev–Trinajstić information content (AvgIpc) is 2.54. The van der Waals surface area contributed by atoms with Gasteiger partial charge in [0.2, 0.25) is 0 Å². The maximum Gasteiger partial charge on any atom is 0.708 e. The molecular formula is C20H46O9PSi2+. The molecule has 0 aromatic rings. The molecule has 0 aliphatic carbocycles. The largest absolute Gasteiger partial charge is 0.708 e. The van der Waals surface area contributed by atoms with Crippen LogP contribution in [0.25, 0.3) is 0 Å². The molecule has 192 valence electrons. The first-order chi connectivity index (χ1) is 14.2. The van der Waals surface area contributed by atoms with Crippen molar-refractivity contribution in [2.45, 2.75) is 117 Å². The second-order valence-corrected chi connectivity index (χ2v) is 21.5. The Bertz CT molecular complexity index is 524. The van der Waals surface area contributed by atoms with Gasteiger partial charge in [-0.1, -0.05) is 50.6 Å². The quantitative estimate of drug-likeness (QED) is 0.185. The maximum absolute atomic E-state index is 12.7. The molecular weight excluding hydrogens is 471 g/mol. The first-order valence-electron chi connectivity index (χ1n) is 10.9. The molecule has 0 amide bonds. The Balaban J connectivity index is 5.40. The van der Waals surface area contributed by atoms with Gasteiger partial charge in [-0.2, -0.15) is 0 Å². The van der Waals surface area contributed by atoms with E-state index in [1.807, 2.05) is 26.2 Å². The molecule has 0 aromatic heterocycles. The molecule has 0 saturated carbocycles. The fourth-order valence-electron chi connectivity index (χ4n) is 1.61. The smallest absolute Gasteiger partial charge is 0.391 e. The topological polar surface area (TPSA) is 113 Å². The van der Waals surface area contributed by atoms with Crippen LogP contribution in [0.1, 0.15) is 55.4 Å². The predicted molar refractivity (Wildman–Crippen MR) is 129 cm³/mol. The lowest BCUT2D eigenvalue weighted by atomic mass is 10.2. The highest BCUT2D eigenvalue weighted by Gasteiger charge is 2.46. The summed E-state index contributed by atoms with van der Waals surface area (Å²) in [6.07, 6.45) is -1.51. The molecule has 32 heavy (non-hydrogen) atoms. The summed E-state index contributed by atoms with van der Waals surface area (Å²) in [5, 5.41) is 18.9. The summed E-state index contributed by atoms with van der Waals surface area (Å²) in [7, 11) is -7.46. The Morgan fingerprint density at radius 2 is 1.00 bits per heavy atom. The lowest BCUT2D eigenvalue weighted by Crippen LogP contribution is -2.46. The molecule has 0 aromatic carbocycles. The van der Waals surface area contributed by atoms with Crippen LogP contribution in [0.4, 0.5) is 0 Å². The van der Waals surface area contributed by atoms with Crippen molar-refractivity contribution in [2.24, 2.45) is 0 Å². The maximum atomic E-state index is 12.7. The van der Waals surface area contributed by atoms with E-state index in [-0.39, 0.29) is 23.3 Å². The van der Waals surface area contributed by atoms with E-state index in [1.165, 1.54) is 0 Å². The van der Waals surface area contributed by atoms with Gasteiger partial charge in [-0.25, -0.2) is 0 Å². The van der Waals surface area contributed by atoms with Gasteiger partial charge in [0, 0.05) is 4.57 Å². The monoisotopic (exact) mass is 517 g/mol. The van der Waals surface area contributed by atoms with Crippen LogP contribution in [0.2, 0.25) is 36.3 Å². The third-order valence-corrected chi connectivity index (χ3v) is 15.2. The van der Waals surface area contributed by atoms with Crippen molar-refractivity contribution in [3.05, 3.63) is 0 Å². The summed E-state index contributed by atoms with van der Waals surface area (Å²) < 4.78 is 46.7. The average molecular weight is 518 g/mol. The molecule has 0 fully saturated rings. The molecule has 0 spiro atoms. The van der Waals surface area contributed by atoms with Crippen LogP contribution < -0.4 is 0 Å². The van der Waals surface area contributed by atoms with Gasteiger partial charge in [-0.05, 0) is 50.1 Å². The van der Waals surface area contributed by atoms with E-state index in [1.54, 1.807) is 13.8 Å². The molecule has 9 nitrogen and oxygen atoms in total. The molecule has 4 unspecified atom stereocenters. The SMILES string of the molecule is CC(O)COC(O[P+](=O)OC(OCC(C)O)O[Si](C)(C)C(C)(C)C)O[Si](C)(C)C(C)(C)C. The van der Waals surface area contributed by atoms with Crippen molar-refractivity contribution >= 4 is 24.9 Å². The van der Waals surface area contributed by atoms with E-state index in [0.717, 1.165) is 0 Å². The Labute approximate surface area is 197 Å². The van der Waals surface area contributed by atoms with E-state index >= 15 is 0 Å². The summed E-state index contributed by atoms with van der Waals surface area (Å²) in [6.45, 7) is 20.7. The first-order valence-corrected chi connectivity index (χ1v) is 17.8. The van der Waals surface area contributed by atoms with Gasteiger partial charge in [-0.15, -0.1) is 0 Å². The normalized spacial score (nSPS) is 18.2. The van der Waals surface area contributed by atoms with Crippen molar-refractivity contribution < 1.29 is 42.2 Å². The fraction of sp³-hybridized carbons (Fsp3) is 1.00. The van der Waals surface area contributed by atoms with Crippen molar-refractivity contribution in [3.63, 3.8) is 0 Å². The number of aliphatic hydroxyl groups excluding tert-OH is 2. The van der Waals surface area contributed by atoms with Gasteiger partial charge in [0.1, 0.15) is 0 Å². The zero-order valence-corrected chi connectivity index (χ0v) is 24.8. The number of hydrogen-bond donors (Lipinski definition) is 2. The zero-order valence-electron chi connectivity index (χ0n) is 21.9. The number of rotatable bonds is 14. The van der Waals surface area contributed by atoms with Crippen LogP contribution in [-0.2, 0) is 31.9 Å². The van der Waals surface area contributed by atoms with Gasteiger partial charge in [0.05, 0.1) is 25.4 Å². The molecule has 0 bridgehead atoms. The van der Waals surface area contributed by atoms with Crippen LogP contribution in [-0.4, -0.2) is 65.2 Å². The van der Waals surface area contributed by atoms with Crippen molar-refractivity contribution in [2.75, 3.05) is 13.2 Å². The van der Waals surface area contributed by atoms with Crippen LogP contribution in [0, 0.1) is 0 Å². The van der Waals surface area contributed by atoms with E-state index in [4.69, 9.17) is 27.4 Å². The van der Waals surface area contributed by atoms with E-state index in [9.17, 15) is 14.8 Å². The summed E-state index contributed by atoms with van der Waals surface area (Å²) >= 11 is 0. The van der Waals surface area contributed by atoms with Gasteiger partial charge < -0.3 is 28.5 Å². The van der Waals surface area contributed by atoms with Crippen LogP contribution >= 0.6 is 8.25 Å². The molecule has 0 rings (SSSR count). The Morgan fingerprint density at radius 3 is 1.22 bits per heavy atom. The minimum Gasteiger partial charge on any atom is -0.391 e. The Hall–Kier alpha value is 0.214.